The standard InChI is InChI=1S/C26H25F3N2O2/c27-26(28,29)33-20-10-11-21(23-9-4-5-13-30-23)22(15-20)19-16-25(32-17-19)12-6-14-31-24(25)18-7-2-1-3-8-18/h1-5,7-11,13,15,19,24,31H,6,12,14,16-17H2/t19-,24-,25+/m0/s1. The molecule has 1 N–H and O–H groups in total. The van der Waals surface area contributed by atoms with Gasteiger partial charge in [0.2, 0.25) is 0 Å². The summed E-state index contributed by atoms with van der Waals surface area (Å²) in [5.74, 6) is -0.301. The number of hydrogen-bond acceptors (Lipinski definition) is 4. The lowest BCUT2D eigenvalue weighted by Crippen LogP contribution is -2.48. The zero-order chi connectivity index (χ0) is 22.9. The Balaban J connectivity index is 1.51. The van der Waals surface area contributed by atoms with Crippen molar-refractivity contribution in [3.05, 3.63) is 84.1 Å². The van der Waals surface area contributed by atoms with Crippen LogP contribution in [0.3, 0.4) is 0 Å². The summed E-state index contributed by atoms with van der Waals surface area (Å²) in [6.07, 6.45) is -0.478. The van der Waals surface area contributed by atoms with Crippen molar-refractivity contribution in [3.8, 4) is 17.0 Å². The Kier molecular flexibility index (Phi) is 5.85. The van der Waals surface area contributed by atoms with Crippen molar-refractivity contribution in [3.63, 3.8) is 0 Å². The molecule has 33 heavy (non-hydrogen) atoms. The molecule has 0 unspecified atom stereocenters. The molecule has 0 radical (unpaired) electrons. The number of alkyl halides is 3. The summed E-state index contributed by atoms with van der Waals surface area (Å²) < 4.78 is 49.5. The van der Waals surface area contributed by atoms with E-state index in [2.05, 4.69) is 27.2 Å². The molecule has 2 aliphatic rings. The SMILES string of the molecule is FC(F)(F)Oc1ccc(-c2ccccn2)c([C@@H]2CO[C@]3(CCCN[C@H]3c3ccccc3)C2)c1. The lowest BCUT2D eigenvalue weighted by atomic mass is 9.76. The predicted molar refractivity (Wildman–Crippen MR) is 119 cm³/mol. The minimum absolute atomic E-state index is 0.0327. The highest BCUT2D eigenvalue weighted by Gasteiger charge is 2.49. The first-order valence-electron chi connectivity index (χ1n) is 11.2. The number of halogens is 3. The summed E-state index contributed by atoms with van der Waals surface area (Å²) in [6, 6.07) is 20.3. The quantitative estimate of drug-likeness (QED) is 0.524. The van der Waals surface area contributed by atoms with Gasteiger partial charge < -0.3 is 14.8 Å². The monoisotopic (exact) mass is 454 g/mol. The van der Waals surface area contributed by atoms with E-state index in [-0.39, 0.29) is 17.7 Å². The van der Waals surface area contributed by atoms with Gasteiger partial charge >= 0.3 is 6.36 Å². The molecule has 0 aliphatic carbocycles. The molecule has 2 fully saturated rings. The van der Waals surface area contributed by atoms with Crippen LogP contribution in [0.15, 0.2) is 72.9 Å². The molecule has 2 saturated heterocycles. The Bertz CT molecular complexity index is 1090. The first-order chi connectivity index (χ1) is 15.9. The van der Waals surface area contributed by atoms with Crippen molar-refractivity contribution in [2.75, 3.05) is 13.2 Å². The first kappa shape index (κ1) is 21.9. The highest BCUT2D eigenvalue weighted by molar-refractivity contribution is 5.66. The van der Waals surface area contributed by atoms with Crippen LogP contribution in [0.1, 0.15) is 42.3 Å². The zero-order valence-corrected chi connectivity index (χ0v) is 18.0. The minimum atomic E-state index is -4.75. The van der Waals surface area contributed by atoms with Crippen molar-refractivity contribution in [1.29, 1.82) is 0 Å². The molecule has 4 nitrogen and oxygen atoms in total. The Labute approximate surface area is 190 Å². The molecule has 2 aromatic carbocycles. The van der Waals surface area contributed by atoms with E-state index in [1.165, 1.54) is 12.1 Å². The molecule has 3 heterocycles. The van der Waals surface area contributed by atoms with Gasteiger partial charge in [-0.25, -0.2) is 0 Å². The predicted octanol–water partition coefficient (Wildman–Crippen LogP) is 6.01. The van der Waals surface area contributed by atoms with E-state index in [9.17, 15) is 13.2 Å². The number of aromatic nitrogens is 1. The summed E-state index contributed by atoms with van der Waals surface area (Å²) in [6.45, 7) is 1.34. The number of piperidine rings is 1. The Hall–Kier alpha value is -2.90. The summed E-state index contributed by atoms with van der Waals surface area (Å²) in [7, 11) is 0. The molecule has 0 saturated carbocycles. The number of hydrogen-bond donors (Lipinski definition) is 1. The van der Waals surface area contributed by atoms with Crippen LogP contribution >= 0.6 is 0 Å². The van der Waals surface area contributed by atoms with Crippen molar-refractivity contribution in [2.45, 2.75) is 43.2 Å². The smallest absolute Gasteiger partial charge is 0.406 e. The van der Waals surface area contributed by atoms with Crippen LogP contribution in [0, 0.1) is 0 Å². The molecule has 3 aromatic rings. The number of nitrogens with one attached hydrogen (secondary N) is 1. The average molecular weight is 454 g/mol. The summed E-state index contributed by atoms with van der Waals surface area (Å²) in [5, 5.41) is 3.62. The molecular formula is C26H25F3N2O2. The Morgan fingerprint density at radius 1 is 1.03 bits per heavy atom. The highest BCUT2D eigenvalue weighted by Crippen LogP contribution is 2.50. The van der Waals surface area contributed by atoms with Crippen LogP contribution in [-0.2, 0) is 4.74 Å². The largest absolute Gasteiger partial charge is 0.573 e. The fraction of sp³-hybridized carbons (Fsp3) is 0.346. The Morgan fingerprint density at radius 2 is 1.85 bits per heavy atom. The number of nitrogens with zero attached hydrogens (tertiary/aromatic N) is 1. The molecule has 0 bridgehead atoms. The first-order valence-corrected chi connectivity index (χ1v) is 11.2. The Morgan fingerprint density at radius 3 is 2.61 bits per heavy atom. The van der Waals surface area contributed by atoms with Crippen molar-refractivity contribution >= 4 is 0 Å². The second-order valence-corrected chi connectivity index (χ2v) is 8.69. The van der Waals surface area contributed by atoms with Gasteiger partial charge in [0.25, 0.3) is 0 Å². The molecule has 7 heteroatoms. The van der Waals surface area contributed by atoms with E-state index in [0.717, 1.165) is 36.1 Å². The molecule has 172 valence electrons. The summed E-state index contributed by atoms with van der Waals surface area (Å²) >= 11 is 0. The number of ether oxygens (including phenoxy) is 2. The third-order valence-electron chi connectivity index (χ3n) is 6.59. The molecule has 1 aromatic heterocycles. The lowest BCUT2D eigenvalue weighted by Gasteiger charge is -2.41. The third-order valence-corrected chi connectivity index (χ3v) is 6.59. The van der Waals surface area contributed by atoms with E-state index in [1.54, 1.807) is 12.3 Å². The van der Waals surface area contributed by atoms with E-state index >= 15 is 0 Å². The van der Waals surface area contributed by atoms with E-state index < -0.39 is 12.0 Å². The number of rotatable bonds is 4. The van der Waals surface area contributed by atoms with Gasteiger partial charge in [-0.05, 0) is 67.3 Å². The van der Waals surface area contributed by atoms with Gasteiger partial charge in [0.1, 0.15) is 5.75 Å². The van der Waals surface area contributed by atoms with Gasteiger partial charge in [-0.3, -0.25) is 4.98 Å². The van der Waals surface area contributed by atoms with Crippen molar-refractivity contribution in [1.82, 2.24) is 10.3 Å². The van der Waals surface area contributed by atoms with Crippen LogP contribution in [0.25, 0.3) is 11.3 Å². The molecular weight excluding hydrogens is 429 g/mol. The van der Waals surface area contributed by atoms with Crippen LogP contribution in [0.2, 0.25) is 0 Å². The minimum Gasteiger partial charge on any atom is -0.406 e. The van der Waals surface area contributed by atoms with Gasteiger partial charge in [-0.1, -0.05) is 36.4 Å². The van der Waals surface area contributed by atoms with Crippen LogP contribution < -0.4 is 10.1 Å². The number of pyridine rings is 1. The topological polar surface area (TPSA) is 43.4 Å². The van der Waals surface area contributed by atoms with Crippen LogP contribution in [0.4, 0.5) is 13.2 Å². The van der Waals surface area contributed by atoms with Gasteiger partial charge in [-0.15, -0.1) is 13.2 Å². The maximum Gasteiger partial charge on any atom is 0.573 e. The maximum absolute atomic E-state index is 12.9. The highest BCUT2D eigenvalue weighted by atomic mass is 19.4. The second kappa shape index (κ2) is 8.80. The summed E-state index contributed by atoms with van der Waals surface area (Å²) in [4.78, 5) is 4.44. The third kappa shape index (κ3) is 4.61. The van der Waals surface area contributed by atoms with E-state index in [1.807, 2.05) is 36.4 Å². The van der Waals surface area contributed by atoms with Crippen LogP contribution in [-0.4, -0.2) is 30.1 Å². The van der Waals surface area contributed by atoms with Crippen LogP contribution in [0.5, 0.6) is 5.75 Å². The molecule has 3 atom stereocenters. The van der Waals surface area contributed by atoms with Gasteiger partial charge in [-0.2, -0.15) is 0 Å². The normalized spacial score (nSPS) is 25.3. The van der Waals surface area contributed by atoms with Gasteiger partial charge in [0.15, 0.2) is 0 Å². The van der Waals surface area contributed by atoms with Gasteiger partial charge in [0.05, 0.1) is 23.9 Å². The fourth-order valence-electron chi connectivity index (χ4n) is 5.24. The van der Waals surface area contributed by atoms with E-state index in [4.69, 9.17) is 4.74 Å². The second-order valence-electron chi connectivity index (χ2n) is 8.69. The van der Waals surface area contributed by atoms with Gasteiger partial charge in [0, 0.05) is 17.7 Å². The maximum atomic E-state index is 12.9. The average Bonchev–Trinajstić information content (AvgIpc) is 3.23. The molecule has 2 aliphatic heterocycles. The van der Waals surface area contributed by atoms with E-state index in [0.29, 0.717) is 18.7 Å². The molecule has 5 rings (SSSR count). The van der Waals surface area contributed by atoms with Crippen molar-refractivity contribution in [2.24, 2.45) is 0 Å². The molecule has 0 amide bonds. The fourth-order valence-corrected chi connectivity index (χ4v) is 5.24. The lowest BCUT2D eigenvalue weighted by molar-refractivity contribution is -0.274. The molecule has 1 spiro atoms. The zero-order valence-electron chi connectivity index (χ0n) is 18.0. The summed E-state index contributed by atoms with van der Waals surface area (Å²) in [5.41, 5.74) is 3.04. The number of benzene rings is 2. The van der Waals surface area contributed by atoms with Crippen molar-refractivity contribution < 1.29 is 22.6 Å².